The SMILES string of the molecule is N#Cc1c(-n2c3ccc(-c4ccc(-c5ccccc5)nc4)cc3c3cc(-c4ccc(-c5ccccc5)nc4)ccc32)ccc(-c2ccccc2C(F)(F)F)c1-n1c2ccc(-c3ccc(-c4ccccc4)nc3)cc2c2cc(-c3ccc(-c4ccccc4)nc3)ccc21. The molecule has 7 nitrogen and oxygen atoms in total. The third-order valence-corrected chi connectivity index (χ3v) is 17.5. The molecule has 0 radical (unpaired) electrons. The molecule has 0 amide bonds. The standard InChI is InChI=1S/C82H50F3N7/c83-82(84,85)71-24-14-13-23-64(71)65-33-42-80(91-76-38-29-56(60-25-34-72(87-48-60)52-15-5-1-6-16-52)43-66(76)67-44-57(30-39-77(67)91)61-26-35-73(88-49-61)53-17-7-2-8-18-53)70(47-86)81(65)92-78-40-31-58(62-27-36-74(89-50-62)54-19-9-3-10-20-54)45-68(78)69-46-59(32-41-79(69)92)63-28-37-75(90-51-63)55-21-11-4-12-22-55/h1-46,48-51H. The number of benzene rings is 10. The van der Waals surface area contributed by atoms with Crippen LogP contribution in [0, 0.1) is 11.3 Å². The van der Waals surface area contributed by atoms with Gasteiger partial charge in [-0.1, -0.05) is 194 Å². The topological polar surface area (TPSA) is 85.2 Å². The first-order valence-corrected chi connectivity index (χ1v) is 30.2. The molecule has 0 fully saturated rings. The maximum absolute atomic E-state index is 15.6. The van der Waals surface area contributed by atoms with Crippen LogP contribution in [0.25, 0.3) is 156 Å². The molecular formula is C82H50F3N7. The summed E-state index contributed by atoms with van der Waals surface area (Å²) in [6.07, 6.45) is 2.77. The van der Waals surface area contributed by atoms with Gasteiger partial charge in [0.2, 0.25) is 0 Å². The van der Waals surface area contributed by atoms with E-state index in [0.717, 1.165) is 128 Å². The van der Waals surface area contributed by atoms with Crippen LogP contribution >= 0.6 is 0 Å². The molecule has 0 saturated carbocycles. The number of pyridine rings is 4. The van der Waals surface area contributed by atoms with Gasteiger partial charge in [0.15, 0.2) is 0 Å². The molecule has 0 atom stereocenters. The molecule has 0 saturated heterocycles. The molecular weight excluding hydrogens is 1140 g/mol. The average molecular weight is 1190 g/mol. The number of hydrogen-bond donors (Lipinski definition) is 0. The van der Waals surface area contributed by atoms with Crippen molar-refractivity contribution in [2.24, 2.45) is 0 Å². The Balaban J connectivity index is 0.935. The number of nitrogens with zero attached hydrogens (tertiary/aromatic N) is 7. The van der Waals surface area contributed by atoms with E-state index in [0.29, 0.717) is 22.4 Å². The number of rotatable bonds is 11. The fraction of sp³-hybridized carbons (Fsp3) is 0.0122. The summed E-state index contributed by atoms with van der Waals surface area (Å²) < 4.78 is 50.9. The Hall–Kier alpha value is -12.3. The average Bonchev–Trinajstić information content (AvgIpc) is 1.56. The van der Waals surface area contributed by atoms with Gasteiger partial charge in [0.1, 0.15) is 11.6 Å². The minimum Gasteiger partial charge on any atom is -0.308 e. The van der Waals surface area contributed by atoms with Crippen molar-refractivity contribution in [2.75, 3.05) is 0 Å². The molecule has 0 N–H and O–H groups in total. The molecule has 0 aliphatic heterocycles. The summed E-state index contributed by atoms with van der Waals surface area (Å²) in [5.74, 6) is 0. The predicted octanol–water partition coefficient (Wildman–Crippen LogP) is 21.4. The van der Waals surface area contributed by atoms with Crippen LogP contribution in [0.15, 0.2) is 304 Å². The van der Waals surface area contributed by atoms with Gasteiger partial charge in [-0.05, 0) is 113 Å². The normalized spacial score (nSPS) is 11.6. The van der Waals surface area contributed by atoms with Gasteiger partial charge in [0.25, 0.3) is 0 Å². The lowest BCUT2D eigenvalue weighted by molar-refractivity contribution is -0.137. The summed E-state index contributed by atoms with van der Waals surface area (Å²) >= 11 is 0. The first kappa shape index (κ1) is 55.0. The van der Waals surface area contributed by atoms with Gasteiger partial charge in [-0.3, -0.25) is 19.9 Å². The summed E-state index contributed by atoms with van der Waals surface area (Å²) in [5, 5.41) is 15.6. The van der Waals surface area contributed by atoms with Crippen molar-refractivity contribution in [2.45, 2.75) is 6.18 Å². The van der Waals surface area contributed by atoms with Crippen LogP contribution in [0.5, 0.6) is 0 Å². The highest BCUT2D eigenvalue weighted by Crippen LogP contribution is 2.47. The Kier molecular flexibility index (Phi) is 13.6. The minimum atomic E-state index is -4.74. The number of nitriles is 1. The number of alkyl halides is 3. The van der Waals surface area contributed by atoms with Crippen LogP contribution in [0.2, 0.25) is 0 Å². The molecule has 434 valence electrons. The van der Waals surface area contributed by atoms with Crippen LogP contribution in [0.4, 0.5) is 13.2 Å². The molecule has 92 heavy (non-hydrogen) atoms. The molecule has 16 aromatic rings. The molecule has 0 aliphatic carbocycles. The number of halogens is 3. The van der Waals surface area contributed by atoms with E-state index in [9.17, 15) is 5.26 Å². The molecule has 6 aromatic heterocycles. The summed E-state index contributed by atoms with van der Waals surface area (Å²) in [5.41, 5.74) is 17.8. The van der Waals surface area contributed by atoms with E-state index in [4.69, 9.17) is 19.9 Å². The van der Waals surface area contributed by atoms with E-state index < -0.39 is 11.7 Å². The zero-order valence-electron chi connectivity index (χ0n) is 49.1. The summed E-state index contributed by atoms with van der Waals surface area (Å²) in [6.45, 7) is 0. The largest absolute Gasteiger partial charge is 0.417 e. The van der Waals surface area contributed by atoms with Crippen molar-refractivity contribution in [1.82, 2.24) is 29.1 Å². The summed E-state index contributed by atoms with van der Waals surface area (Å²) in [6, 6.07) is 93.1. The Bertz CT molecular complexity index is 5230. The highest BCUT2D eigenvalue weighted by Gasteiger charge is 2.35. The second-order valence-electron chi connectivity index (χ2n) is 22.8. The van der Waals surface area contributed by atoms with Crippen LogP contribution in [0.3, 0.4) is 0 Å². The van der Waals surface area contributed by atoms with Crippen molar-refractivity contribution >= 4 is 43.6 Å². The quantitative estimate of drug-likeness (QED) is 0.129. The second kappa shape index (κ2) is 22.7. The van der Waals surface area contributed by atoms with E-state index in [1.807, 2.05) is 199 Å². The van der Waals surface area contributed by atoms with Gasteiger partial charge >= 0.3 is 6.18 Å². The Morgan fingerprint density at radius 3 is 0.924 bits per heavy atom. The lowest BCUT2D eigenvalue weighted by Crippen LogP contribution is -2.10. The zero-order valence-corrected chi connectivity index (χ0v) is 49.1. The first-order chi connectivity index (χ1) is 45.2. The van der Waals surface area contributed by atoms with E-state index in [2.05, 4.69) is 83.4 Å². The summed E-state index contributed by atoms with van der Waals surface area (Å²) in [4.78, 5) is 19.6. The minimum absolute atomic E-state index is 0.0641. The van der Waals surface area contributed by atoms with Crippen LogP contribution in [-0.4, -0.2) is 29.1 Å². The van der Waals surface area contributed by atoms with Crippen molar-refractivity contribution < 1.29 is 13.2 Å². The molecule has 6 heterocycles. The maximum atomic E-state index is 15.6. The van der Waals surface area contributed by atoms with Gasteiger partial charge in [-0.15, -0.1) is 0 Å². The zero-order chi connectivity index (χ0) is 61.9. The van der Waals surface area contributed by atoms with Gasteiger partial charge in [0, 0.05) is 96.4 Å². The summed E-state index contributed by atoms with van der Waals surface area (Å²) in [7, 11) is 0. The number of hydrogen-bond acceptors (Lipinski definition) is 5. The molecule has 0 unspecified atom stereocenters. The van der Waals surface area contributed by atoms with Crippen LogP contribution < -0.4 is 0 Å². The first-order valence-electron chi connectivity index (χ1n) is 30.2. The smallest absolute Gasteiger partial charge is 0.308 e. The highest BCUT2D eigenvalue weighted by molar-refractivity contribution is 6.14. The Labute approximate surface area is 527 Å². The second-order valence-corrected chi connectivity index (χ2v) is 22.8. The van der Waals surface area contributed by atoms with E-state index in [1.54, 1.807) is 18.2 Å². The highest BCUT2D eigenvalue weighted by atomic mass is 19.4. The van der Waals surface area contributed by atoms with Crippen molar-refractivity contribution in [3.63, 3.8) is 0 Å². The fourth-order valence-electron chi connectivity index (χ4n) is 12.9. The lowest BCUT2D eigenvalue weighted by atomic mass is 9.94. The predicted molar refractivity (Wildman–Crippen MR) is 365 cm³/mol. The monoisotopic (exact) mass is 1190 g/mol. The Morgan fingerprint density at radius 2 is 0.609 bits per heavy atom. The molecule has 0 spiro atoms. The number of aromatic nitrogens is 6. The van der Waals surface area contributed by atoms with Gasteiger partial charge in [-0.2, -0.15) is 18.4 Å². The Morgan fingerprint density at radius 1 is 0.293 bits per heavy atom. The number of fused-ring (bicyclic) bond motifs is 6. The molecule has 10 heteroatoms. The third kappa shape index (κ3) is 9.82. The van der Waals surface area contributed by atoms with Crippen LogP contribution in [-0.2, 0) is 6.18 Å². The van der Waals surface area contributed by atoms with Gasteiger partial charge in [0.05, 0.1) is 61.8 Å². The lowest BCUT2D eigenvalue weighted by Gasteiger charge is -2.22. The third-order valence-electron chi connectivity index (χ3n) is 17.5. The van der Waals surface area contributed by atoms with E-state index in [1.165, 1.54) is 12.1 Å². The fourth-order valence-corrected chi connectivity index (χ4v) is 12.9. The van der Waals surface area contributed by atoms with Crippen molar-refractivity contribution in [1.29, 1.82) is 5.26 Å². The van der Waals surface area contributed by atoms with E-state index in [-0.39, 0.29) is 16.7 Å². The van der Waals surface area contributed by atoms with Gasteiger partial charge < -0.3 is 9.13 Å². The maximum Gasteiger partial charge on any atom is 0.417 e. The molecule has 16 rings (SSSR count). The molecule has 0 aliphatic rings. The molecule has 0 bridgehead atoms. The van der Waals surface area contributed by atoms with Crippen LogP contribution in [0.1, 0.15) is 11.1 Å². The van der Waals surface area contributed by atoms with Gasteiger partial charge in [-0.25, -0.2) is 0 Å². The van der Waals surface area contributed by atoms with Crippen molar-refractivity contribution in [3.05, 3.63) is 315 Å². The van der Waals surface area contributed by atoms with Crippen molar-refractivity contribution in [3.8, 4) is 118 Å². The molecule has 10 aromatic carbocycles. The van der Waals surface area contributed by atoms with E-state index >= 15 is 13.2 Å².